The molecule has 1 unspecified atom stereocenters. The molecule has 8 heteroatoms. The number of aromatic nitrogens is 2. The SMILES string of the molecule is CCC/C=C1\c2ccnc(Cl)c2CN1C(C)c1cnc(OCC(F)F)c(Cl)c1. The first kappa shape index (κ1) is 20.8. The number of fused-ring (bicyclic) bond motifs is 1. The van der Waals surface area contributed by atoms with Gasteiger partial charge in [0, 0.05) is 35.8 Å². The quantitative estimate of drug-likeness (QED) is 0.496. The molecule has 1 aliphatic rings. The van der Waals surface area contributed by atoms with Gasteiger partial charge in [0.25, 0.3) is 6.43 Å². The minimum absolute atomic E-state index is 0.0108. The van der Waals surface area contributed by atoms with E-state index < -0.39 is 13.0 Å². The zero-order chi connectivity index (χ0) is 20.3. The molecule has 150 valence electrons. The van der Waals surface area contributed by atoms with Gasteiger partial charge in [0.15, 0.2) is 6.61 Å². The number of unbranched alkanes of at least 4 members (excludes halogenated alkanes) is 1. The van der Waals surface area contributed by atoms with Gasteiger partial charge in [-0.3, -0.25) is 0 Å². The van der Waals surface area contributed by atoms with Crippen LogP contribution in [0.25, 0.3) is 5.70 Å². The van der Waals surface area contributed by atoms with Crippen molar-refractivity contribution in [2.75, 3.05) is 6.61 Å². The molecule has 3 heterocycles. The van der Waals surface area contributed by atoms with Crippen LogP contribution in [-0.4, -0.2) is 27.9 Å². The van der Waals surface area contributed by atoms with Gasteiger partial charge in [0.2, 0.25) is 5.88 Å². The third-order valence-corrected chi connectivity index (χ3v) is 5.26. The van der Waals surface area contributed by atoms with E-state index in [2.05, 4.69) is 27.9 Å². The maximum Gasteiger partial charge on any atom is 0.272 e. The number of allylic oxidation sites excluding steroid dienone is 1. The molecule has 4 nitrogen and oxygen atoms in total. The Labute approximate surface area is 173 Å². The van der Waals surface area contributed by atoms with E-state index in [1.807, 2.05) is 13.0 Å². The van der Waals surface area contributed by atoms with Gasteiger partial charge in [-0.1, -0.05) is 42.6 Å². The van der Waals surface area contributed by atoms with Gasteiger partial charge in [-0.2, -0.15) is 0 Å². The summed E-state index contributed by atoms with van der Waals surface area (Å²) in [6.45, 7) is 4.06. The highest BCUT2D eigenvalue weighted by molar-refractivity contribution is 6.32. The second-order valence-corrected chi connectivity index (χ2v) is 7.33. The molecule has 0 saturated heterocycles. The minimum Gasteiger partial charge on any atom is -0.471 e. The molecule has 28 heavy (non-hydrogen) atoms. The fourth-order valence-electron chi connectivity index (χ4n) is 3.22. The Kier molecular flexibility index (Phi) is 6.73. The summed E-state index contributed by atoms with van der Waals surface area (Å²) in [5.41, 5.74) is 4.03. The average molecular weight is 428 g/mol. The average Bonchev–Trinajstić information content (AvgIpc) is 3.04. The van der Waals surface area contributed by atoms with Gasteiger partial charge in [-0.15, -0.1) is 0 Å². The monoisotopic (exact) mass is 427 g/mol. The first-order valence-corrected chi connectivity index (χ1v) is 9.84. The Hall–Kier alpha value is -1.92. The van der Waals surface area contributed by atoms with Crippen molar-refractivity contribution in [1.82, 2.24) is 14.9 Å². The molecule has 0 bridgehead atoms. The number of rotatable bonds is 7. The zero-order valence-electron chi connectivity index (χ0n) is 15.6. The number of alkyl halides is 2. The Morgan fingerprint density at radius 1 is 1.32 bits per heavy atom. The molecule has 0 aliphatic carbocycles. The number of ether oxygens (including phenoxy) is 1. The molecule has 0 spiro atoms. The van der Waals surface area contributed by atoms with Gasteiger partial charge in [-0.25, -0.2) is 18.7 Å². The van der Waals surface area contributed by atoms with E-state index in [-0.39, 0.29) is 16.9 Å². The lowest BCUT2D eigenvalue weighted by Gasteiger charge is -2.28. The van der Waals surface area contributed by atoms with Gasteiger partial charge >= 0.3 is 0 Å². The smallest absolute Gasteiger partial charge is 0.272 e. The summed E-state index contributed by atoms with van der Waals surface area (Å²) in [4.78, 5) is 10.5. The van der Waals surface area contributed by atoms with Crippen molar-refractivity contribution in [3.8, 4) is 5.88 Å². The van der Waals surface area contributed by atoms with Gasteiger partial charge < -0.3 is 9.64 Å². The Morgan fingerprint density at radius 3 is 2.79 bits per heavy atom. The maximum absolute atomic E-state index is 12.3. The van der Waals surface area contributed by atoms with Crippen LogP contribution in [0.2, 0.25) is 10.2 Å². The Morgan fingerprint density at radius 2 is 2.11 bits per heavy atom. The van der Waals surface area contributed by atoms with Crippen LogP contribution < -0.4 is 4.74 Å². The molecule has 0 aromatic carbocycles. The van der Waals surface area contributed by atoms with Crippen LogP contribution in [0.5, 0.6) is 5.88 Å². The standard InChI is InChI=1S/C20H21Cl2F2N3O/c1-3-4-5-17-14-6-7-25-19(22)15(14)10-27(17)12(2)13-8-16(21)20(26-9-13)28-11-18(23)24/h5-9,12,18H,3-4,10-11H2,1-2H3/b17-5+. The highest BCUT2D eigenvalue weighted by atomic mass is 35.5. The summed E-state index contributed by atoms with van der Waals surface area (Å²) >= 11 is 12.5. The molecular weight excluding hydrogens is 407 g/mol. The van der Waals surface area contributed by atoms with E-state index in [1.54, 1.807) is 18.5 Å². The molecule has 0 N–H and O–H groups in total. The Bertz CT molecular complexity index is 877. The van der Waals surface area contributed by atoms with Gasteiger partial charge in [-0.05, 0) is 31.0 Å². The molecule has 2 aromatic rings. The van der Waals surface area contributed by atoms with E-state index >= 15 is 0 Å². The molecule has 3 rings (SSSR count). The van der Waals surface area contributed by atoms with Crippen molar-refractivity contribution < 1.29 is 13.5 Å². The number of halogens is 4. The molecule has 1 atom stereocenters. The largest absolute Gasteiger partial charge is 0.471 e. The summed E-state index contributed by atoms with van der Waals surface area (Å²) in [5, 5.41) is 0.710. The van der Waals surface area contributed by atoms with E-state index in [0.29, 0.717) is 11.7 Å². The fraction of sp³-hybridized carbons (Fsp3) is 0.400. The van der Waals surface area contributed by atoms with Crippen molar-refractivity contribution >= 4 is 28.9 Å². The summed E-state index contributed by atoms with van der Waals surface area (Å²) in [7, 11) is 0. The highest BCUT2D eigenvalue weighted by Crippen LogP contribution is 2.42. The van der Waals surface area contributed by atoms with Crippen molar-refractivity contribution in [2.45, 2.75) is 45.7 Å². The molecular formula is C20H21Cl2F2N3O. The fourth-order valence-corrected chi connectivity index (χ4v) is 3.67. The molecule has 0 amide bonds. The molecule has 0 saturated carbocycles. The van der Waals surface area contributed by atoms with Crippen molar-refractivity contribution in [3.05, 3.63) is 57.5 Å². The summed E-state index contributed by atoms with van der Waals surface area (Å²) < 4.78 is 29.6. The number of hydrogen-bond donors (Lipinski definition) is 0. The topological polar surface area (TPSA) is 38.2 Å². The van der Waals surface area contributed by atoms with E-state index in [4.69, 9.17) is 27.9 Å². The predicted octanol–water partition coefficient (Wildman–Crippen LogP) is 6.15. The van der Waals surface area contributed by atoms with Crippen LogP contribution >= 0.6 is 23.2 Å². The lowest BCUT2D eigenvalue weighted by Crippen LogP contribution is -2.20. The van der Waals surface area contributed by atoms with Crippen molar-refractivity contribution in [3.63, 3.8) is 0 Å². The normalized spacial score (nSPS) is 16.0. The minimum atomic E-state index is -2.58. The summed E-state index contributed by atoms with van der Waals surface area (Å²) in [6.07, 6.45) is 4.92. The van der Waals surface area contributed by atoms with Crippen molar-refractivity contribution in [2.24, 2.45) is 0 Å². The lowest BCUT2D eigenvalue weighted by atomic mass is 10.1. The summed E-state index contributed by atoms with van der Waals surface area (Å²) in [6, 6.07) is 3.63. The second kappa shape index (κ2) is 9.05. The molecule has 0 fully saturated rings. The van der Waals surface area contributed by atoms with Gasteiger partial charge in [0.05, 0.1) is 6.04 Å². The number of pyridine rings is 2. The molecule has 2 aromatic heterocycles. The van der Waals surface area contributed by atoms with Crippen LogP contribution in [0.1, 0.15) is 49.4 Å². The zero-order valence-corrected chi connectivity index (χ0v) is 17.1. The second-order valence-electron chi connectivity index (χ2n) is 6.57. The van der Waals surface area contributed by atoms with Crippen LogP contribution in [0, 0.1) is 0 Å². The van der Waals surface area contributed by atoms with Crippen LogP contribution in [-0.2, 0) is 6.54 Å². The highest BCUT2D eigenvalue weighted by Gasteiger charge is 2.30. The van der Waals surface area contributed by atoms with Gasteiger partial charge in [0.1, 0.15) is 10.2 Å². The first-order valence-electron chi connectivity index (χ1n) is 9.09. The van der Waals surface area contributed by atoms with E-state index in [1.165, 1.54) is 0 Å². The van der Waals surface area contributed by atoms with Crippen LogP contribution in [0.15, 0.2) is 30.6 Å². The van der Waals surface area contributed by atoms with Crippen LogP contribution in [0.3, 0.4) is 0 Å². The summed E-state index contributed by atoms with van der Waals surface area (Å²) in [5.74, 6) is 0.0108. The maximum atomic E-state index is 12.3. The predicted molar refractivity (Wildman–Crippen MR) is 107 cm³/mol. The van der Waals surface area contributed by atoms with E-state index in [0.717, 1.165) is 35.2 Å². The molecule has 1 aliphatic heterocycles. The van der Waals surface area contributed by atoms with E-state index in [9.17, 15) is 8.78 Å². The lowest BCUT2D eigenvalue weighted by molar-refractivity contribution is 0.0796. The first-order chi connectivity index (χ1) is 13.4. The number of hydrogen-bond acceptors (Lipinski definition) is 4. The molecule has 0 radical (unpaired) electrons. The Balaban J connectivity index is 1.88. The number of nitrogens with zero attached hydrogens (tertiary/aromatic N) is 3. The third-order valence-electron chi connectivity index (χ3n) is 4.67. The van der Waals surface area contributed by atoms with Crippen molar-refractivity contribution in [1.29, 1.82) is 0 Å². The van der Waals surface area contributed by atoms with Crippen LogP contribution in [0.4, 0.5) is 8.78 Å². The third kappa shape index (κ3) is 4.39.